The lowest BCUT2D eigenvalue weighted by molar-refractivity contribution is -0.498. The molecule has 8 aliphatic rings. The molecule has 3 saturated carbocycles. The van der Waals surface area contributed by atoms with Gasteiger partial charge in [-0.2, -0.15) is 0 Å². The van der Waals surface area contributed by atoms with Crippen LogP contribution in [0.5, 0.6) is 23.0 Å². The Balaban J connectivity index is 0.888. The summed E-state index contributed by atoms with van der Waals surface area (Å²) in [6.07, 6.45) is 16.3. The molecule has 4 aliphatic carbocycles. The molecule has 57 heavy (non-hydrogen) atoms. The molecule has 1 aromatic heterocycles. The number of ether oxygens (including phenoxy) is 5. The van der Waals surface area contributed by atoms with Gasteiger partial charge in [-0.3, -0.25) is 4.79 Å². The molecule has 10 heteroatoms. The molecule has 11 rings (SSSR count). The SMILES string of the molecule is COc1ccc(O)c2c(=O)c3c(OC)cc4c(c3oc12)C1CC(OC2CCC3(C)C5CCC6(C)C(C(C)C=CC(C)C(C)C)CCC6C56C=CC3(C2)OO6)OC1O4. The molecule has 0 radical (unpaired) electrons. The van der Waals surface area contributed by atoms with Gasteiger partial charge < -0.3 is 33.2 Å². The summed E-state index contributed by atoms with van der Waals surface area (Å²) in [5.74, 6) is 3.93. The van der Waals surface area contributed by atoms with Crippen molar-refractivity contribution in [1.82, 2.24) is 0 Å². The predicted octanol–water partition coefficient (Wildman–Crippen LogP) is 9.73. The van der Waals surface area contributed by atoms with E-state index < -0.39 is 29.2 Å². The minimum Gasteiger partial charge on any atom is -0.507 e. The molecule has 13 unspecified atom stereocenters. The van der Waals surface area contributed by atoms with Crippen molar-refractivity contribution in [3.8, 4) is 23.0 Å². The van der Waals surface area contributed by atoms with Gasteiger partial charge in [-0.1, -0.05) is 59.8 Å². The molecule has 0 amide bonds. The monoisotopic (exact) mass is 782 g/mol. The molecule has 2 aromatic carbocycles. The van der Waals surface area contributed by atoms with Gasteiger partial charge in [0, 0.05) is 41.7 Å². The van der Waals surface area contributed by atoms with E-state index in [9.17, 15) is 9.90 Å². The normalized spacial score (nSPS) is 39.8. The first kappa shape index (κ1) is 37.7. The van der Waals surface area contributed by atoms with Crippen LogP contribution in [0.2, 0.25) is 0 Å². The zero-order valence-electron chi connectivity index (χ0n) is 34.6. The number of hydrogen-bond donors (Lipinski definition) is 1. The molecule has 13 atom stereocenters. The van der Waals surface area contributed by atoms with Crippen molar-refractivity contribution < 1.29 is 43.0 Å². The van der Waals surface area contributed by atoms with E-state index in [2.05, 4.69) is 65.8 Å². The fourth-order valence-corrected chi connectivity index (χ4v) is 13.0. The van der Waals surface area contributed by atoms with Crippen LogP contribution in [0.1, 0.15) is 104 Å². The molecule has 3 aromatic rings. The first-order chi connectivity index (χ1) is 27.3. The van der Waals surface area contributed by atoms with Gasteiger partial charge in [0.15, 0.2) is 17.6 Å². The number of phenolic OH excluding ortho intramolecular Hbond substituents is 1. The average molecular weight is 783 g/mol. The van der Waals surface area contributed by atoms with Crippen molar-refractivity contribution in [1.29, 1.82) is 0 Å². The third-order valence-corrected chi connectivity index (χ3v) is 16.5. The van der Waals surface area contributed by atoms with E-state index in [-0.39, 0.29) is 45.0 Å². The zero-order chi connectivity index (χ0) is 39.8. The highest BCUT2D eigenvalue weighted by Crippen LogP contribution is 2.73. The van der Waals surface area contributed by atoms with Crippen molar-refractivity contribution in [3.63, 3.8) is 0 Å². The number of phenols is 1. The van der Waals surface area contributed by atoms with Gasteiger partial charge >= 0.3 is 0 Å². The van der Waals surface area contributed by atoms with Crippen molar-refractivity contribution in [3.05, 3.63) is 58.3 Å². The van der Waals surface area contributed by atoms with Crippen LogP contribution in [0.15, 0.2) is 51.7 Å². The zero-order valence-corrected chi connectivity index (χ0v) is 34.6. The summed E-state index contributed by atoms with van der Waals surface area (Å²) >= 11 is 0. The molecule has 2 spiro atoms. The number of allylic oxidation sites excluding steroid dienone is 2. The Hall–Kier alpha value is -3.57. The molecule has 1 N–H and O–H groups in total. The fourth-order valence-electron chi connectivity index (χ4n) is 13.0. The topological polar surface area (TPSA) is 115 Å². The Morgan fingerprint density at radius 3 is 2.44 bits per heavy atom. The van der Waals surface area contributed by atoms with Crippen molar-refractivity contribution in [2.75, 3.05) is 14.2 Å². The van der Waals surface area contributed by atoms with E-state index >= 15 is 0 Å². The van der Waals surface area contributed by atoms with E-state index in [1.165, 1.54) is 39.5 Å². The number of fused-ring (bicyclic) bond motifs is 8. The quantitative estimate of drug-likeness (QED) is 0.135. The first-order valence-electron chi connectivity index (χ1n) is 21.4. The Labute approximate surface area is 334 Å². The van der Waals surface area contributed by atoms with Crippen LogP contribution in [0.3, 0.4) is 0 Å². The van der Waals surface area contributed by atoms with Gasteiger partial charge in [0.1, 0.15) is 44.8 Å². The first-order valence-corrected chi connectivity index (χ1v) is 21.4. The van der Waals surface area contributed by atoms with Crippen LogP contribution >= 0.6 is 0 Å². The summed E-state index contributed by atoms with van der Waals surface area (Å²) in [6, 6.07) is 4.71. The number of hydrogen-bond acceptors (Lipinski definition) is 10. The van der Waals surface area contributed by atoms with Gasteiger partial charge in [0.25, 0.3) is 0 Å². The van der Waals surface area contributed by atoms with E-state index in [0.29, 0.717) is 71.2 Å². The molecular formula is C47H58O10. The second-order valence-electron chi connectivity index (χ2n) is 19.4. The summed E-state index contributed by atoms with van der Waals surface area (Å²) in [7, 11) is 2.99. The minimum atomic E-state index is -0.618. The minimum absolute atomic E-state index is 0.0370. The van der Waals surface area contributed by atoms with Gasteiger partial charge in [-0.25, -0.2) is 9.78 Å². The van der Waals surface area contributed by atoms with Crippen molar-refractivity contribution in [2.24, 2.45) is 46.3 Å². The highest BCUT2D eigenvalue weighted by molar-refractivity contribution is 6.00. The molecule has 2 bridgehead atoms. The molecular weight excluding hydrogens is 725 g/mol. The van der Waals surface area contributed by atoms with Crippen LogP contribution < -0.4 is 19.6 Å². The lowest BCUT2D eigenvalue weighted by Crippen LogP contribution is -2.73. The van der Waals surface area contributed by atoms with Gasteiger partial charge in [0.2, 0.25) is 11.7 Å². The summed E-state index contributed by atoms with van der Waals surface area (Å²) in [4.78, 5) is 27.5. The maximum atomic E-state index is 14.0. The second kappa shape index (κ2) is 13.0. The summed E-state index contributed by atoms with van der Waals surface area (Å²) in [5.41, 5.74) is -0.0225. The number of rotatable bonds is 8. The molecule has 10 nitrogen and oxygen atoms in total. The van der Waals surface area contributed by atoms with Crippen molar-refractivity contribution >= 4 is 21.9 Å². The largest absolute Gasteiger partial charge is 0.507 e. The third kappa shape index (κ3) is 5.12. The van der Waals surface area contributed by atoms with Crippen LogP contribution in [0, 0.1) is 46.3 Å². The van der Waals surface area contributed by atoms with Gasteiger partial charge in [-0.05, 0) is 85.8 Å². The molecule has 5 fully saturated rings. The summed E-state index contributed by atoms with van der Waals surface area (Å²) < 4.78 is 37.2. The average Bonchev–Trinajstić information content (AvgIpc) is 3.86. The van der Waals surface area contributed by atoms with E-state index in [4.69, 9.17) is 37.9 Å². The van der Waals surface area contributed by atoms with Crippen molar-refractivity contribution in [2.45, 2.75) is 129 Å². The maximum Gasteiger partial charge on any atom is 0.209 e. The molecule has 4 aliphatic heterocycles. The summed E-state index contributed by atoms with van der Waals surface area (Å²) in [5, 5.41) is 11.0. The van der Waals surface area contributed by atoms with Crippen LogP contribution in [0.25, 0.3) is 21.9 Å². The highest BCUT2D eigenvalue weighted by Gasteiger charge is 2.74. The summed E-state index contributed by atoms with van der Waals surface area (Å²) in [6.45, 7) is 14.4. The Kier molecular flexibility index (Phi) is 8.57. The number of benzene rings is 2. The van der Waals surface area contributed by atoms with E-state index in [0.717, 1.165) is 24.8 Å². The van der Waals surface area contributed by atoms with Gasteiger partial charge in [0.05, 0.1) is 26.2 Å². The Bertz CT molecular complexity index is 2240. The van der Waals surface area contributed by atoms with Gasteiger partial charge in [-0.15, -0.1) is 0 Å². The highest BCUT2D eigenvalue weighted by atomic mass is 17.2. The van der Waals surface area contributed by atoms with Crippen LogP contribution in [-0.4, -0.2) is 49.2 Å². The standard InChI is InChI=1S/C47H58O10/c1-24(2)25(3)9-10-26(4)29-11-14-34-44(29,5)17-16-35-45(6)18-15-27(23-46(45)19-20-47(34,35)57-56-46)52-36-21-28-37-33(53-43(28)54-36)22-32(51-8)39-40(49)38-30(48)12-13-31(50-7)41(38)55-42(37)39/h9-10,12-13,19-20,22,24-29,34-36,43,48H,11,14-18,21,23H2,1-8H3. The van der Waals surface area contributed by atoms with Crippen LogP contribution in [0.4, 0.5) is 0 Å². The maximum absolute atomic E-state index is 14.0. The van der Waals surface area contributed by atoms with Crippen LogP contribution in [-0.2, 0) is 19.2 Å². The molecule has 306 valence electrons. The molecule has 2 saturated heterocycles. The smallest absolute Gasteiger partial charge is 0.209 e. The second-order valence-corrected chi connectivity index (χ2v) is 19.4. The Morgan fingerprint density at radius 2 is 1.70 bits per heavy atom. The third-order valence-electron chi connectivity index (χ3n) is 16.5. The fraction of sp³-hybridized carbons (Fsp3) is 0.638. The predicted molar refractivity (Wildman–Crippen MR) is 214 cm³/mol. The number of methoxy groups -OCH3 is 2. The van der Waals surface area contributed by atoms with E-state index in [1.54, 1.807) is 12.1 Å². The van der Waals surface area contributed by atoms with E-state index in [1.807, 2.05) is 0 Å². The molecule has 5 heterocycles. The lowest BCUT2D eigenvalue weighted by atomic mass is 9.42. The number of aromatic hydroxyl groups is 1. The Morgan fingerprint density at radius 1 is 0.895 bits per heavy atom. The lowest BCUT2D eigenvalue weighted by Gasteiger charge is -2.69.